The maximum absolute atomic E-state index is 5.60. The minimum Gasteiger partial charge on any atom is -0.315 e. The fourth-order valence-corrected chi connectivity index (χ4v) is 1.22. The first-order valence-corrected chi connectivity index (χ1v) is 4.96. The Morgan fingerprint density at radius 3 is 2.09 bits per heavy atom. The summed E-state index contributed by atoms with van der Waals surface area (Å²) in [7, 11) is 0. The van der Waals surface area contributed by atoms with Crippen LogP contribution in [0.25, 0.3) is 0 Å². The van der Waals surface area contributed by atoms with Crippen LogP contribution in [0.3, 0.4) is 0 Å². The van der Waals surface area contributed by atoms with E-state index in [4.69, 9.17) is 17.3 Å². The van der Waals surface area contributed by atoms with Gasteiger partial charge in [0.15, 0.2) is 0 Å². The third kappa shape index (κ3) is 10.2. The zero-order valence-electron chi connectivity index (χ0n) is 7.65. The molecule has 0 unspecified atom stereocenters. The van der Waals surface area contributed by atoms with Crippen LogP contribution in [-0.4, -0.2) is 5.50 Å². The lowest BCUT2D eigenvalue weighted by atomic mass is 10.0. The zero-order valence-corrected chi connectivity index (χ0v) is 8.40. The van der Waals surface area contributed by atoms with Gasteiger partial charge in [0.05, 0.1) is 5.50 Å². The molecule has 0 aromatic rings. The van der Waals surface area contributed by atoms with Crippen LogP contribution >= 0.6 is 11.6 Å². The molecule has 0 aromatic carbocycles. The Morgan fingerprint density at radius 1 is 1.09 bits per heavy atom. The van der Waals surface area contributed by atoms with Crippen molar-refractivity contribution in [3.8, 4) is 0 Å². The van der Waals surface area contributed by atoms with Crippen LogP contribution in [-0.2, 0) is 0 Å². The topological polar surface area (TPSA) is 26.0 Å². The second kappa shape index (κ2) is 6.93. The van der Waals surface area contributed by atoms with Crippen LogP contribution in [0, 0.1) is 5.92 Å². The van der Waals surface area contributed by atoms with E-state index < -0.39 is 0 Å². The minimum atomic E-state index is -0.131. The number of alkyl halides is 1. The first kappa shape index (κ1) is 11.2. The molecule has 0 saturated carbocycles. The fourth-order valence-electron chi connectivity index (χ4n) is 1.07. The number of rotatable bonds is 6. The molecule has 11 heavy (non-hydrogen) atoms. The molecule has 1 nitrogen and oxygen atoms in total. The van der Waals surface area contributed by atoms with Crippen molar-refractivity contribution >= 4 is 11.6 Å². The van der Waals surface area contributed by atoms with Crippen LogP contribution in [0.1, 0.15) is 46.0 Å². The van der Waals surface area contributed by atoms with Crippen molar-refractivity contribution in [1.29, 1.82) is 0 Å². The summed E-state index contributed by atoms with van der Waals surface area (Å²) in [5.41, 5.74) is 5.27. The Kier molecular flexibility index (Phi) is 7.09. The molecule has 0 rings (SSSR count). The molecule has 0 aliphatic carbocycles. The van der Waals surface area contributed by atoms with Gasteiger partial charge >= 0.3 is 0 Å². The van der Waals surface area contributed by atoms with E-state index in [9.17, 15) is 0 Å². The standard InChI is InChI=1S/C9H20ClN/c1-8(2)6-4-3-5-7-9(10)11/h8-9H,3-7,11H2,1-2H3/t9-/m1/s1. The second-order valence-electron chi connectivity index (χ2n) is 3.55. The summed E-state index contributed by atoms with van der Waals surface area (Å²) < 4.78 is 0. The first-order valence-electron chi connectivity index (χ1n) is 4.52. The third-order valence-corrected chi connectivity index (χ3v) is 1.98. The summed E-state index contributed by atoms with van der Waals surface area (Å²) >= 11 is 5.60. The summed E-state index contributed by atoms with van der Waals surface area (Å²) in [5, 5.41) is 0. The third-order valence-electron chi connectivity index (χ3n) is 1.76. The van der Waals surface area contributed by atoms with Crippen LogP contribution in [0.4, 0.5) is 0 Å². The Morgan fingerprint density at radius 2 is 1.64 bits per heavy atom. The average Bonchev–Trinajstić information content (AvgIpc) is 1.85. The molecular formula is C9H20ClN. The van der Waals surface area contributed by atoms with Gasteiger partial charge in [0.2, 0.25) is 0 Å². The molecule has 0 radical (unpaired) electrons. The summed E-state index contributed by atoms with van der Waals surface area (Å²) in [6, 6.07) is 0. The van der Waals surface area contributed by atoms with Crippen molar-refractivity contribution in [3.05, 3.63) is 0 Å². The van der Waals surface area contributed by atoms with Gasteiger partial charge in [-0.1, -0.05) is 39.5 Å². The Balaban J connectivity index is 2.91. The lowest BCUT2D eigenvalue weighted by Gasteiger charge is -2.04. The SMILES string of the molecule is CC(C)CCCCC[C@@H](N)Cl. The van der Waals surface area contributed by atoms with Gasteiger partial charge in [0, 0.05) is 0 Å². The maximum Gasteiger partial charge on any atom is 0.0800 e. The van der Waals surface area contributed by atoms with Crippen molar-refractivity contribution < 1.29 is 0 Å². The highest BCUT2D eigenvalue weighted by molar-refractivity contribution is 6.20. The highest BCUT2D eigenvalue weighted by atomic mass is 35.5. The second-order valence-corrected chi connectivity index (χ2v) is 4.11. The number of halogens is 1. The zero-order chi connectivity index (χ0) is 8.69. The Labute approximate surface area is 75.3 Å². The van der Waals surface area contributed by atoms with Crippen LogP contribution in [0.5, 0.6) is 0 Å². The van der Waals surface area contributed by atoms with Crippen molar-refractivity contribution in [2.75, 3.05) is 0 Å². The van der Waals surface area contributed by atoms with Gasteiger partial charge in [-0.05, 0) is 12.3 Å². The molecule has 0 saturated heterocycles. The molecule has 0 aliphatic heterocycles. The van der Waals surface area contributed by atoms with E-state index >= 15 is 0 Å². The summed E-state index contributed by atoms with van der Waals surface area (Å²) in [5.74, 6) is 0.833. The fraction of sp³-hybridized carbons (Fsp3) is 1.00. The first-order chi connectivity index (χ1) is 5.13. The lowest BCUT2D eigenvalue weighted by molar-refractivity contribution is 0.518. The van der Waals surface area contributed by atoms with E-state index in [0.717, 1.165) is 12.3 Å². The molecule has 0 spiro atoms. The Bertz CT molecular complexity index is 71.6. The monoisotopic (exact) mass is 177 g/mol. The van der Waals surface area contributed by atoms with Crippen molar-refractivity contribution in [2.45, 2.75) is 51.5 Å². The van der Waals surface area contributed by atoms with Gasteiger partial charge in [-0.3, -0.25) is 0 Å². The van der Waals surface area contributed by atoms with E-state index in [-0.39, 0.29) is 5.50 Å². The van der Waals surface area contributed by atoms with Gasteiger partial charge in [-0.15, -0.1) is 11.6 Å². The van der Waals surface area contributed by atoms with Gasteiger partial charge in [-0.25, -0.2) is 0 Å². The maximum atomic E-state index is 5.60. The van der Waals surface area contributed by atoms with Crippen molar-refractivity contribution in [1.82, 2.24) is 0 Å². The van der Waals surface area contributed by atoms with E-state index in [1.165, 1.54) is 25.7 Å². The normalized spacial score (nSPS) is 13.9. The molecule has 0 aromatic heterocycles. The minimum absolute atomic E-state index is 0.131. The van der Waals surface area contributed by atoms with Gasteiger partial charge < -0.3 is 5.73 Å². The molecular weight excluding hydrogens is 158 g/mol. The predicted octanol–water partition coefficient (Wildman–Crippen LogP) is 3.12. The van der Waals surface area contributed by atoms with E-state index in [2.05, 4.69) is 13.8 Å². The quantitative estimate of drug-likeness (QED) is 0.377. The number of nitrogens with two attached hydrogens (primary N) is 1. The van der Waals surface area contributed by atoms with Crippen LogP contribution in [0.15, 0.2) is 0 Å². The molecule has 2 N–H and O–H groups in total. The molecule has 1 atom stereocenters. The number of unbranched alkanes of at least 4 members (excludes halogenated alkanes) is 2. The highest BCUT2D eigenvalue weighted by Gasteiger charge is 1.97. The van der Waals surface area contributed by atoms with Gasteiger partial charge in [-0.2, -0.15) is 0 Å². The molecule has 2 heteroatoms. The van der Waals surface area contributed by atoms with Crippen molar-refractivity contribution in [3.63, 3.8) is 0 Å². The number of hydrogen-bond acceptors (Lipinski definition) is 1. The smallest absolute Gasteiger partial charge is 0.0800 e. The molecule has 0 aliphatic rings. The molecule has 0 fully saturated rings. The van der Waals surface area contributed by atoms with Gasteiger partial charge in [0.25, 0.3) is 0 Å². The lowest BCUT2D eigenvalue weighted by Crippen LogP contribution is -2.10. The summed E-state index contributed by atoms with van der Waals surface area (Å²) in [4.78, 5) is 0. The van der Waals surface area contributed by atoms with Gasteiger partial charge in [0.1, 0.15) is 0 Å². The average molecular weight is 178 g/mol. The molecule has 0 heterocycles. The van der Waals surface area contributed by atoms with Crippen LogP contribution < -0.4 is 5.73 Å². The summed E-state index contributed by atoms with van der Waals surface area (Å²) in [6.45, 7) is 4.51. The Hall–Kier alpha value is 0.250. The molecule has 68 valence electrons. The van der Waals surface area contributed by atoms with Crippen molar-refractivity contribution in [2.24, 2.45) is 11.7 Å². The highest BCUT2D eigenvalue weighted by Crippen LogP contribution is 2.10. The van der Waals surface area contributed by atoms with E-state index in [1.807, 2.05) is 0 Å². The summed E-state index contributed by atoms with van der Waals surface area (Å²) in [6.07, 6.45) is 6.06. The largest absolute Gasteiger partial charge is 0.315 e. The van der Waals surface area contributed by atoms with Crippen LogP contribution in [0.2, 0.25) is 0 Å². The molecule has 0 amide bonds. The number of hydrogen-bond donors (Lipinski definition) is 1. The van der Waals surface area contributed by atoms with E-state index in [1.54, 1.807) is 0 Å². The molecule has 0 bridgehead atoms. The van der Waals surface area contributed by atoms with E-state index in [0.29, 0.717) is 0 Å². The predicted molar refractivity (Wildman–Crippen MR) is 51.8 cm³/mol.